The van der Waals surface area contributed by atoms with Gasteiger partial charge in [-0.3, -0.25) is 0 Å². The van der Waals surface area contributed by atoms with Crippen molar-refractivity contribution in [2.24, 2.45) is 0 Å². The second-order valence-electron chi connectivity index (χ2n) is 5.03. The van der Waals surface area contributed by atoms with Crippen molar-refractivity contribution in [1.29, 1.82) is 0 Å². The number of benzene rings is 2. The number of hydrogen-bond acceptors (Lipinski definition) is 2. The van der Waals surface area contributed by atoms with Gasteiger partial charge in [-0.2, -0.15) is 0 Å². The van der Waals surface area contributed by atoms with Gasteiger partial charge in [0.05, 0.1) is 5.02 Å². The molecular weight excluding hydrogens is 256 g/mol. The summed E-state index contributed by atoms with van der Waals surface area (Å²) in [5.41, 5.74) is 20.2. The predicted octanol–water partition coefficient (Wildman–Crippen LogP) is 4.41. The molecule has 0 spiro atoms. The number of hydrogen-bond donors (Lipinski definition) is 2. The Hall–Kier alpha value is -1.67. The van der Waals surface area contributed by atoms with Crippen LogP contribution >= 0.6 is 11.6 Å². The molecule has 0 atom stereocenters. The molecule has 0 aliphatic heterocycles. The Balaban J connectivity index is 2.83. The molecule has 0 radical (unpaired) electrons. The van der Waals surface area contributed by atoms with Crippen LogP contribution in [0.25, 0.3) is 11.1 Å². The van der Waals surface area contributed by atoms with E-state index in [1.54, 1.807) is 6.07 Å². The number of anilines is 2. The lowest BCUT2D eigenvalue weighted by Crippen LogP contribution is -2.02. The van der Waals surface area contributed by atoms with Crippen LogP contribution < -0.4 is 11.5 Å². The molecule has 0 bridgehead atoms. The lowest BCUT2D eigenvalue weighted by atomic mass is 9.88. The van der Waals surface area contributed by atoms with E-state index < -0.39 is 0 Å². The summed E-state index contributed by atoms with van der Waals surface area (Å²) in [6, 6.07) is 5.64. The predicted molar refractivity (Wildman–Crippen MR) is 84.7 cm³/mol. The van der Waals surface area contributed by atoms with Gasteiger partial charge in [-0.25, -0.2) is 0 Å². The molecule has 2 nitrogen and oxygen atoms in total. The standard InChI is InChI=1S/C16H19ClN2/c1-8-10(3)16(19)11(4)9(2)15(8)13-6-5-12(18)7-14(13)17/h5-7H,18-19H2,1-4H3. The van der Waals surface area contributed by atoms with Crippen molar-refractivity contribution in [2.45, 2.75) is 27.7 Å². The van der Waals surface area contributed by atoms with E-state index in [1.165, 1.54) is 11.1 Å². The van der Waals surface area contributed by atoms with Crippen LogP contribution in [0.5, 0.6) is 0 Å². The molecule has 0 saturated heterocycles. The van der Waals surface area contributed by atoms with Crippen molar-refractivity contribution >= 4 is 23.0 Å². The first-order valence-corrected chi connectivity index (χ1v) is 6.63. The summed E-state index contributed by atoms with van der Waals surface area (Å²) in [6.45, 7) is 8.26. The Morgan fingerprint density at radius 3 is 1.84 bits per heavy atom. The van der Waals surface area contributed by atoms with Crippen LogP contribution in [0.15, 0.2) is 18.2 Å². The van der Waals surface area contributed by atoms with Gasteiger partial charge in [0.15, 0.2) is 0 Å². The second-order valence-corrected chi connectivity index (χ2v) is 5.44. The number of nitrogens with two attached hydrogens (primary N) is 2. The molecule has 100 valence electrons. The minimum atomic E-state index is 0.674. The first-order chi connectivity index (χ1) is 8.84. The first kappa shape index (κ1) is 13.8. The fraction of sp³-hybridized carbons (Fsp3) is 0.250. The van der Waals surface area contributed by atoms with Gasteiger partial charge in [0.2, 0.25) is 0 Å². The highest BCUT2D eigenvalue weighted by atomic mass is 35.5. The van der Waals surface area contributed by atoms with Gasteiger partial charge in [0.1, 0.15) is 0 Å². The van der Waals surface area contributed by atoms with E-state index in [-0.39, 0.29) is 0 Å². The molecule has 0 saturated carbocycles. The monoisotopic (exact) mass is 274 g/mol. The molecule has 19 heavy (non-hydrogen) atoms. The molecule has 3 heteroatoms. The lowest BCUT2D eigenvalue weighted by Gasteiger charge is -2.19. The summed E-state index contributed by atoms with van der Waals surface area (Å²) in [5.74, 6) is 0. The van der Waals surface area contributed by atoms with Crippen LogP contribution in [0.4, 0.5) is 11.4 Å². The van der Waals surface area contributed by atoms with Crippen LogP contribution in [0, 0.1) is 27.7 Å². The number of nitrogen functional groups attached to an aromatic ring is 2. The molecule has 0 amide bonds. The van der Waals surface area contributed by atoms with E-state index in [4.69, 9.17) is 23.1 Å². The molecule has 0 aliphatic carbocycles. The van der Waals surface area contributed by atoms with Crippen molar-refractivity contribution in [3.63, 3.8) is 0 Å². The maximum Gasteiger partial charge on any atom is 0.0505 e. The van der Waals surface area contributed by atoms with Gasteiger partial charge in [-0.1, -0.05) is 17.7 Å². The summed E-state index contributed by atoms with van der Waals surface area (Å²) < 4.78 is 0. The smallest absolute Gasteiger partial charge is 0.0505 e. The number of rotatable bonds is 1. The van der Waals surface area contributed by atoms with E-state index in [9.17, 15) is 0 Å². The molecule has 0 unspecified atom stereocenters. The van der Waals surface area contributed by atoms with Crippen LogP contribution in [-0.2, 0) is 0 Å². The van der Waals surface area contributed by atoms with Gasteiger partial charge in [-0.15, -0.1) is 0 Å². The van der Waals surface area contributed by atoms with E-state index in [1.807, 2.05) is 26.0 Å². The van der Waals surface area contributed by atoms with Crippen molar-refractivity contribution < 1.29 is 0 Å². The Morgan fingerprint density at radius 1 is 0.842 bits per heavy atom. The van der Waals surface area contributed by atoms with Gasteiger partial charge >= 0.3 is 0 Å². The maximum atomic E-state index is 6.34. The fourth-order valence-electron chi connectivity index (χ4n) is 2.48. The van der Waals surface area contributed by atoms with Crippen LogP contribution in [0.1, 0.15) is 22.3 Å². The van der Waals surface area contributed by atoms with Crippen molar-refractivity contribution in [2.75, 3.05) is 11.5 Å². The van der Waals surface area contributed by atoms with Crippen molar-refractivity contribution in [1.82, 2.24) is 0 Å². The minimum Gasteiger partial charge on any atom is -0.399 e. The first-order valence-electron chi connectivity index (χ1n) is 6.25. The molecule has 0 fully saturated rings. The maximum absolute atomic E-state index is 6.34. The Morgan fingerprint density at radius 2 is 1.37 bits per heavy atom. The molecule has 2 aromatic rings. The zero-order chi connectivity index (χ0) is 14.3. The largest absolute Gasteiger partial charge is 0.399 e. The summed E-state index contributed by atoms with van der Waals surface area (Å²) in [6.07, 6.45) is 0. The molecular formula is C16H19ClN2. The summed E-state index contributed by atoms with van der Waals surface area (Å²) in [7, 11) is 0. The zero-order valence-electron chi connectivity index (χ0n) is 11.8. The van der Waals surface area contributed by atoms with E-state index in [0.717, 1.165) is 27.9 Å². The highest BCUT2D eigenvalue weighted by Crippen LogP contribution is 2.39. The Bertz CT molecular complexity index is 631. The van der Waals surface area contributed by atoms with Crippen molar-refractivity contribution in [3.05, 3.63) is 45.5 Å². The van der Waals surface area contributed by atoms with Crippen LogP contribution in [0.3, 0.4) is 0 Å². The van der Waals surface area contributed by atoms with E-state index >= 15 is 0 Å². The fourth-order valence-corrected chi connectivity index (χ4v) is 2.76. The normalized spacial score (nSPS) is 10.8. The van der Waals surface area contributed by atoms with E-state index in [0.29, 0.717) is 10.7 Å². The van der Waals surface area contributed by atoms with Crippen LogP contribution in [0.2, 0.25) is 5.02 Å². The van der Waals surface area contributed by atoms with E-state index in [2.05, 4.69) is 13.8 Å². The SMILES string of the molecule is Cc1c(C)c(-c2ccc(N)cc2Cl)c(C)c(C)c1N. The highest BCUT2D eigenvalue weighted by Gasteiger charge is 2.16. The molecule has 2 aromatic carbocycles. The third-order valence-electron chi connectivity index (χ3n) is 3.95. The molecule has 0 heterocycles. The van der Waals surface area contributed by atoms with Crippen LogP contribution in [-0.4, -0.2) is 0 Å². The Kier molecular flexibility index (Phi) is 3.46. The molecule has 4 N–H and O–H groups in total. The number of halogens is 1. The van der Waals surface area contributed by atoms with Gasteiger partial charge in [-0.05, 0) is 67.6 Å². The van der Waals surface area contributed by atoms with Gasteiger partial charge < -0.3 is 11.5 Å². The third kappa shape index (κ3) is 2.17. The summed E-state index contributed by atoms with van der Waals surface area (Å²) in [4.78, 5) is 0. The minimum absolute atomic E-state index is 0.674. The highest BCUT2D eigenvalue weighted by molar-refractivity contribution is 6.33. The van der Waals surface area contributed by atoms with Gasteiger partial charge in [0.25, 0.3) is 0 Å². The third-order valence-corrected chi connectivity index (χ3v) is 4.26. The quantitative estimate of drug-likeness (QED) is 0.757. The average Bonchev–Trinajstić information content (AvgIpc) is 2.37. The lowest BCUT2D eigenvalue weighted by molar-refractivity contribution is 1.25. The average molecular weight is 275 g/mol. The van der Waals surface area contributed by atoms with Gasteiger partial charge in [0, 0.05) is 16.9 Å². The second kappa shape index (κ2) is 4.78. The summed E-state index contributed by atoms with van der Waals surface area (Å²) >= 11 is 6.34. The zero-order valence-corrected chi connectivity index (χ0v) is 12.5. The molecule has 0 aliphatic rings. The van der Waals surface area contributed by atoms with Crippen molar-refractivity contribution in [3.8, 4) is 11.1 Å². The topological polar surface area (TPSA) is 52.0 Å². The summed E-state index contributed by atoms with van der Waals surface area (Å²) in [5, 5.41) is 0.676. The Labute approximate surface area is 119 Å². The molecule has 2 rings (SSSR count). The molecule has 0 aromatic heterocycles.